The fourth-order valence-corrected chi connectivity index (χ4v) is 2.52. The summed E-state index contributed by atoms with van der Waals surface area (Å²) >= 11 is 0. The minimum atomic E-state index is 0.862. The quantitative estimate of drug-likeness (QED) is 0.835. The third-order valence-corrected chi connectivity index (χ3v) is 3.44. The fourth-order valence-electron chi connectivity index (χ4n) is 2.52. The van der Waals surface area contributed by atoms with Crippen LogP contribution in [-0.4, -0.2) is 26.7 Å². The van der Waals surface area contributed by atoms with Gasteiger partial charge in [0.15, 0.2) is 0 Å². The van der Waals surface area contributed by atoms with Gasteiger partial charge < -0.3 is 10.2 Å². The van der Waals surface area contributed by atoms with Gasteiger partial charge in [-0.2, -0.15) is 0 Å². The summed E-state index contributed by atoms with van der Waals surface area (Å²) in [5, 5.41) is 3.25. The third kappa shape index (κ3) is 2.99. The lowest BCUT2D eigenvalue weighted by atomic mass is 9.94. The number of nitrogens with one attached hydrogen (secondary N) is 1. The van der Waals surface area contributed by atoms with Gasteiger partial charge in [-0.3, -0.25) is 0 Å². The zero-order chi connectivity index (χ0) is 11.2. The van der Waals surface area contributed by atoms with Gasteiger partial charge in [0.1, 0.15) is 0 Å². The Labute approximate surface area is 98.7 Å². The molecule has 1 fully saturated rings. The van der Waals surface area contributed by atoms with E-state index < -0.39 is 0 Å². The highest BCUT2D eigenvalue weighted by molar-refractivity contribution is 5.46. The van der Waals surface area contributed by atoms with Crippen LogP contribution in [0.5, 0.6) is 0 Å². The van der Waals surface area contributed by atoms with E-state index in [1.54, 1.807) is 0 Å². The van der Waals surface area contributed by atoms with Crippen LogP contribution in [0, 0.1) is 5.92 Å². The van der Waals surface area contributed by atoms with Gasteiger partial charge in [-0.25, -0.2) is 0 Å². The molecule has 1 aliphatic heterocycles. The summed E-state index contributed by atoms with van der Waals surface area (Å²) in [5.41, 5.74) is 1.39. The van der Waals surface area contributed by atoms with E-state index in [1.807, 2.05) is 7.05 Å². The molecule has 1 aromatic rings. The lowest BCUT2D eigenvalue weighted by Gasteiger charge is -2.34. The molecule has 2 heteroatoms. The summed E-state index contributed by atoms with van der Waals surface area (Å²) in [6, 6.07) is 10.8. The van der Waals surface area contributed by atoms with E-state index in [1.165, 1.54) is 38.0 Å². The van der Waals surface area contributed by atoms with Crippen LogP contribution in [0.3, 0.4) is 0 Å². The Kier molecular flexibility index (Phi) is 4.23. The number of anilines is 1. The van der Waals surface area contributed by atoms with Crippen molar-refractivity contribution in [2.45, 2.75) is 19.3 Å². The first-order chi connectivity index (χ1) is 7.90. The Morgan fingerprint density at radius 3 is 2.88 bits per heavy atom. The highest BCUT2D eigenvalue weighted by atomic mass is 15.1. The van der Waals surface area contributed by atoms with E-state index in [9.17, 15) is 0 Å². The first-order valence-corrected chi connectivity index (χ1v) is 6.35. The third-order valence-electron chi connectivity index (χ3n) is 3.44. The average molecular weight is 218 g/mol. The molecule has 2 rings (SSSR count). The van der Waals surface area contributed by atoms with Crippen molar-refractivity contribution in [3.05, 3.63) is 30.3 Å². The van der Waals surface area contributed by atoms with Gasteiger partial charge in [0, 0.05) is 18.8 Å². The predicted molar refractivity (Wildman–Crippen MR) is 69.9 cm³/mol. The largest absolute Gasteiger partial charge is 0.371 e. The van der Waals surface area contributed by atoms with E-state index in [2.05, 4.69) is 40.5 Å². The molecular formula is C14H22N2. The zero-order valence-electron chi connectivity index (χ0n) is 10.2. The number of nitrogens with zero attached hydrogens (tertiary/aromatic N) is 1. The van der Waals surface area contributed by atoms with Crippen molar-refractivity contribution in [3.63, 3.8) is 0 Å². The normalized spacial score (nSPS) is 21.1. The molecule has 0 aliphatic carbocycles. The molecule has 2 nitrogen and oxygen atoms in total. The highest BCUT2D eigenvalue weighted by Crippen LogP contribution is 2.24. The smallest absolute Gasteiger partial charge is 0.0366 e. The molecule has 0 spiro atoms. The van der Waals surface area contributed by atoms with Crippen molar-refractivity contribution in [1.82, 2.24) is 5.32 Å². The van der Waals surface area contributed by atoms with Crippen LogP contribution in [0.25, 0.3) is 0 Å². The monoisotopic (exact) mass is 218 g/mol. The first kappa shape index (κ1) is 11.5. The Morgan fingerprint density at radius 1 is 1.31 bits per heavy atom. The van der Waals surface area contributed by atoms with Crippen LogP contribution in [0.15, 0.2) is 30.3 Å². The molecule has 0 amide bonds. The van der Waals surface area contributed by atoms with Gasteiger partial charge in [0.2, 0.25) is 0 Å². The molecule has 1 saturated heterocycles. The second-order valence-corrected chi connectivity index (χ2v) is 4.68. The van der Waals surface area contributed by atoms with E-state index in [-0.39, 0.29) is 0 Å². The predicted octanol–water partition coefficient (Wildman–Crippen LogP) is 2.51. The lowest BCUT2D eigenvalue weighted by molar-refractivity contribution is 0.388. The maximum absolute atomic E-state index is 3.25. The summed E-state index contributed by atoms with van der Waals surface area (Å²) in [5.74, 6) is 0.862. The number of hydrogen-bond donors (Lipinski definition) is 1. The van der Waals surface area contributed by atoms with Crippen molar-refractivity contribution in [3.8, 4) is 0 Å². The maximum atomic E-state index is 3.25. The molecule has 88 valence electrons. The fraction of sp³-hybridized carbons (Fsp3) is 0.571. The van der Waals surface area contributed by atoms with Crippen LogP contribution < -0.4 is 10.2 Å². The van der Waals surface area contributed by atoms with E-state index in [0.717, 1.165) is 12.5 Å². The first-order valence-electron chi connectivity index (χ1n) is 6.35. The summed E-state index contributed by atoms with van der Waals surface area (Å²) in [6.07, 6.45) is 4.04. The Hall–Kier alpha value is -1.02. The number of benzene rings is 1. The van der Waals surface area contributed by atoms with Gasteiger partial charge in [-0.05, 0) is 50.9 Å². The number of rotatable bonds is 4. The van der Waals surface area contributed by atoms with Crippen molar-refractivity contribution < 1.29 is 0 Å². The van der Waals surface area contributed by atoms with Crippen LogP contribution in [0.2, 0.25) is 0 Å². The van der Waals surface area contributed by atoms with Crippen LogP contribution in [-0.2, 0) is 0 Å². The van der Waals surface area contributed by atoms with Gasteiger partial charge in [0.25, 0.3) is 0 Å². The Balaban J connectivity index is 1.91. The zero-order valence-corrected chi connectivity index (χ0v) is 10.2. The number of para-hydroxylation sites is 1. The number of piperidine rings is 1. The van der Waals surface area contributed by atoms with Crippen LogP contribution >= 0.6 is 0 Å². The van der Waals surface area contributed by atoms with Crippen molar-refractivity contribution >= 4 is 5.69 Å². The van der Waals surface area contributed by atoms with Gasteiger partial charge in [0.05, 0.1) is 0 Å². The summed E-state index contributed by atoms with van der Waals surface area (Å²) in [4.78, 5) is 2.53. The molecule has 1 aliphatic rings. The molecule has 16 heavy (non-hydrogen) atoms. The van der Waals surface area contributed by atoms with Gasteiger partial charge in [-0.1, -0.05) is 18.2 Å². The average Bonchev–Trinajstić information content (AvgIpc) is 2.38. The Morgan fingerprint density at radius 2 is 2.12 bits per heavy atom. The molecule has 0 bridgehead atoms. The highest BCUT2D eigenvalue weighted by Gasteiger charge is 2.19. The van der Waals surface area contributed by atoms with E-state index in [0.29, 0.717) is 0 Å². The molecule has 1 unspecified atom stereocenters. The van der Waals surface area contributed by atoms with Crippen LogP contribution in [0.4, 0.5) is 5.69 Å². The lowest BCUT2D eigenvalue weighted by Crippen LogP contribution is -2.36. The summed E-state index contributed by atoms with van der Waals surface area (Å²) < 4.78 is 0. The number of hydrogen-bond acceptors (Lipinski definition) is 2. The molecule has 0 radical (unpaired) electrons. The molecular weight excluding hydrogens is 196 g/mol. The van der Waals surface area contributed by atoms with E-state index >= 15 is 0 Å². The second kappa shape index (κ2) is 5.90. The molecule has 1 N–H and O–H groups in total. The van der Waals surface area contributed by atoms with Crippen LogP contribution in [0.1, 0.15) is 19.3 Å². The van der Waals surface area contributed by atoms with Gasteiger partial charge in [-0.15, -0.1) is 0 Å². The van der Waals surface area contributed by atoms with Crippen molar-refractivity contribution in [2.75, 3.05) is 31.6 Å². The topological polar surface area (TPSA) is 15.3 Å². The molecule has 1 atom stereocenters. The molecule has 0 saturated carbocycles. The minimum Gasteiger partial charge on any atom is -0.371 e. The SMILES string of the molecule is CNCCC1CCCN(c2ccccc2)C1. The summed E-state index contributed by atoms with van der Waals surface area (Å²) in [7, 11) is 2.04. The van der Waals surface area contributed by atoms with Crippen molar-refractivity contribution in [1.29, 1.82) is 0 Å². The van der Waals surface area contributed by atoms with Gasteiger partial charge >= 0.3 is 0 Å². The minimum absolute atomic E-state index is 0.862. The molecule has 1 heterocycles. The second-order valence-electron chi connectivity index (χ2n) is 4.68. The Bertz CT molecular complexity index is 297. The maximum Gasteiger partial charge on any atom is 0.0366 e. The van der Waals surface area contributed by atoms with E-state index in [4.69, 9.17) is 0 Å². The standard InChI is InChI=1S/C14H22N2/c1-15-10-9-13-6-5-11-16(12-13)14-7-3-2-4-8-14/h2-4,7-8,13,15H,5-6,9-12H2,1H3. The molecule has 0 aromatic heterocycles. The summed E-state index contributed by atoms with van der Waals surface area (Å²) in [6.45, 7) is 3.60. The van der Waals surface area contributed by atoms with Crippen molar-refractivity contribution in [2.24, 2.45) is 5.92 Å². The molecule has 1 aromatic carbocycles.